The molecular formula is C6H9Li2N. The minimum Gasteiger partial charge on any atom is -0.684 e. The molecule has 0 aromatic carbocycles. The van der Waals surface area contributed by atoms with Crippen LogP contribution in [0.15, 0.2) is 19.2 Å². The summed E-state index contributed by atoms with van der Waals surface area (Å²) in [4.78, 5) is 0. The van der Waals surface area contributed by atoms with Crippen molar-refractivity contribution >= 4 is 0 Å². The standard InChI is InChI=1S/C6H9N.2Li/c1-3-5-7-6-4-2;;/h3H,1-2,5-6H2;;/q-2;2*+1. The Labute approximate surface area is 81.3 Å². The van der Waals surface area contributed by atoms with Crippen LogP contribution in [-0.4, -0.2) is 13.1 Å². The first-order valence-corrected chi connectivity index (χ1v) is 2.16. The number of hydrogen-bond acceptors (Lipinski definition) is 0. The number of nitrogens with zero attached hydrogens (tertiary/aromatic N) is 1. The molecule has 0 fully saturated rings. The molecule has 9 heavy (non-hydrogen) atoms. The van der Waals surface area contributed by atoms with Crippen molar-refractivity contribution in [3.8, 4) is 0 Å². The molecule has 0 saturated carbocycles. The molecule has 0 aliphatic rings. The van der Waals surface area contributed by atoms with Gasteiger partial charge in [-0.1, -0.05) is 0 Å². The zero-order valence-corrected chi connectivity index (χ0v) is 6.35. The molecule has 0 aromatic rings. The maximum atomic E-state index is 3.92. The van der Waals surface area contributed by atoms with Gasteiger partial charge in [0.25, 0.3) is 0 Å². The molecule has 0 rings (SSSR count). The van der Waals surface area contributed by atoms with E-state index in [1.807, 2.05) is 0 Å². The summed E-state index contributed by atoms with van der Waals surface area (Å²) >= 11 is 0. The molecule has 0 atom stereocenters. The first-order valence-electron chi connectivity index (χ1n) is 2.16. The van der Waals surface area contributed by atoms with Crippen molar-refractivity contribution in [1.82, 2.24) is 0 Å². The first kappa shape index (κ1) is 16.3. The van der Waals surface area contributed by atoms with Crippen molar-refractivity contribution in [3.05, 3.63) is 30.6 Å². The van der Waals surface area contributed by atoms with Crippen molar-refractivity contribution in [3.63, 3.8) is 0 Å². The monoisotopic (exact) mass is 109 g/mol. The predicted octanol–water partition coefficient (Wildman–Crippen LogP) is -4.46. The summed E-state index contributed by atoms with van der Waals surface area (Å²) in [6, 6.07) is 0. The van der Waals surface area contributed by atoms with E-state index in [0.29, 0.717) is 13.1 Å². The summed E-state index contributed by atoms with van der Waals surface area (Å²) in [7, 11) is 0. The van der Waals surface area contributed by atoms with Crippen LogP contribution in [-0.2, 0) is 0 Å². The van der Waals surface area contributed by atoms with E-state index >= 15 is 0 Å². The first-order chi connectivity index (χ1) is 3.41. The Morgan fingerprint density at radius 2 is 2.00 bits per heavy atom. The van der Waals surface area contributed by atoms with Crippen LogP contribution in [0, 0.1) is 6.08 Å². The van der Waals surface area contributed by atoms with Crippen LogP contribution in [0.25, 0.3) is 5.32 Å². The second-order valence-electron chi connectivity index (χ2n) is 1.10. The zero-order chi connectivity index (χ0) is 5.54. The van der Waals surface area contributed by atoms with Crippen molar-refractivity contribution in [1.29, 1.82) is 0 Å². The van der Waals surface area contributed by atoms with Gasteiger partial charge in [-0.15, -0.1) is 19.2 Å². The van der Waals surface area contributed by atoms with Crippen LogP contribution in [0.3, 0.4) is 0 Å². The quantitative estimate of drug-likeness (QED) is 0.150. The Morgan fingerprint density at radius 3 is 2.33 bits per heavy atom. The minimum absolute atomic E-state index is 0. The predicted molar refractivity (Wildman–Crippen MR) is 32.2 cm³/mol. The van der Waals surface area contributed by atoms with Gasteiger partial charge in [0.05, 0.1) is 0 Å². The molecule has 0 amide bonds. The Hall–Kier alpha value is 0.635. The Kier molecular flexibility index (Phi) is 28.7. The molecule has 40 valence electrons. The Balaban J connectivity index is -0.000000180. The SMILES string of the molecule is C=[C-]C[N-]CC=C.[Li+].[Li+]. The van der Waals surface area contributed by atoms with Gasteiger partial charge >= 0.3 is 37.7 Å². The molecule has 0 aliphatic carbocycles. The van der Waals surface area contributed by atoms with Gasteiger partial charge in [0.15, 0.2) is 0 Å². The largest absolute Gasteiger partial charge is 1.00 e. The second-order valence-corrected chi connectivity index (χ2v) is 1.10. The summed E-state index contributed by atoms with van der Waals surface area (Å²) in [6.07, 6.45) is 4.39. The van der Waals surface area contributed by atoms with Crippen molar-refractivity contribution in [2.75, 3.05) is 13.1 Å². The summed E-state index contributed by atoms with van der Waals surface area (Å²) < 4.78 is 0. The van der Waals surface area contributed by atoms with Gasteiger partial charge in [0, 0.05) is 0 Å². The van der Waals surface area contributed by atoms with E-state index < -0.39 is 0 Å². The molecule has 0 radical (unpaired) electrons. The fraction of sp³-hybridized carbons (Fsp3) is 0.333. The van der Waals surface area contributed by atoms with Crippen LogP contribution >= 0.6 is 0 Å². The van der Waals surface area contributed by atoms with Crippen LogP contribution in [0.1, 0.15) is 0 Å². The summed E-state index contributed by atoms with van der Waals surface area (Å²) in [6.45, 7) is 8.20. The van der Waals surface area contributed by atoms with E-state index in [2.05, 4.69) is 24.6 Å². The van der Waals surface area contributed by atoms with Gasteiger partial charge in [-0.25, -0.2) is 0 Å². The summed E-state index contributed by atoms with van der Waals surface area (Å²) in [5.41, 5.74) is 0. The van der Waals surface area contributed by atoms with Gasteiger partial charge < -0.3 is 11.4 Å². The molecule has 0 aromatic heterocycles. The Bertz CT molecular complexity index is 56.1. The summed E-state index contributed by atoms with van der Waals surface area (Å²) in [5.74, 6) is 0. The molecule has 0 N–H and O–H groups in total. The maximum absolute atomic E-state index is 3.92. The topological polar surface area (TPSA) is 14.1 Å². The van der Waals surface area contributed by atoms with E-state index in [1.165, 1.54) is 0 Å². The third-order valence-corrected chi connectivity index (χ3v) is 0.482. The van der Waals surface area contributed by atoms with E-state index in [9.17, 15) is 0 Å². The molecule has 0 bridgehead atoms. The maximum Gasteiger partial charge on any atom is 1.00 e. The molecule has 0 spiro atoms. The van der Waals surface area contributed by atoms with Crippen molar-refractivity contribution in [2.24, 2.45) is 0 Å². The third-order valence-electron chi connectivity index (χ3n) is 0.482. The number of rotatable bonds is 4. The fourth-order valence-electron chi connectivity index (χ4n) is 0.235. The molecule has 0 unspecified atom stereocenters. The second kappa shape index (κ2) is 15.9. The third kappa shape index (κ3) is 17.7. The van der Waals surface area contributed by atoms with Crippen molar-refractivity contribution in [2.45, 2.75) is 0 Å². The average molecular weight is 109 g/mol. The fourth-order valence-corrected chi connectivity index (χ4v) is 0.235. The van der Waals surface area contributed by atoms with Gasteiger partial charge in [-0.3, -0.25) is 13.1 Å². The molecule has 3 heteroatoms. The molecule has 1 nitrogen and oxygen atoms in total. The molecular weight excluding hydrogens is 100.0 g/mol. The molecule has 0 heterocycles. The van der Waals surface area contributed by atoms with Crippen LogP contribution in [0.5, 0.6) is 0 Å². The van der Waals surface area contributed by atoms with Crippen molar-refractivity contribution < 1.29 is 37.7 Å². The average Bonchev–Trinajstić information content (AvgIpc) is 1.69. The molecule has 0 aliphatic heterocycles. The normalized spacial score (nSPS) is 6.22. The van der Waals surface area contributed by atoms with Crippen LogP contribution in [0.2, 0.25) is 0 Å². The smallest absolute Gasteiger partial charge is 0.684 e. The number of hydrogen-bond donors (Lipinski definition) is 0. The van der Waals surface area contributed by atoms with Gasteiger partial charge in [-0.2, -0.15) is 0 Å². The van der Waals surface area contributed by atoms with E-state index in [-0.39, 0.29) is 37.7 Å². The zero-order valence-electron chi connectivity index (χ0n) is 6.35. The van der Waals surface area contributed by atoms with Crippen LogP contribution in [0.4, 0.5) is 0 Å². The summed E-state index contributed by atoms with van der Waals surface area (Å²) in [5, 5.41) is 3.92. The van der Waals surface area contributed by atoms with Crippen LogP contribution < -0.4 is 37.7 Å². The minimum atomic E-state index is 0. The van der Waals surface area contributed by atoms with Gasteiger partial charge in [0.1, 0.15) is 0 Å². The van der Waals surface area contributed by atoms with E-state index in [4.69, 9.17) is 0 Å². The van der Waals surface area contributed by atoms with E-state index in [1.54, 1.807) is 6.08 Å². The molecule has 0 saturated heterocycles. The van der Waals surface area contributed by atoms with Gasteiger partial charge in [-0.05, 0) is 0 Å². The van der Waals surface area contributed by atoms with E-state index in [0.717, 1.165) is 0 Å². The van der Waals surface area contributed by atoms with Gasteiger partial charge in [0.2, 0.25) is 0 Å². The Morgan fingerprint density at radius 1 is 1.44 bits per heavy atom.